The van der Waals surface area contributed by atoms with Crippen LogP contribution in [0.25, 0.3) is 0 Å². The van der Waals surface area contributed by atoms with Crippen LogP contribution < -0.4 is 0 Å². The van der Waals surface area contributed by atoms with Crippen LogP contribution in [0.4, 0.5) is 0 Å². The first-order valence-corrected chi connectivity index (χ1v) is 5.85. The monoisotopic (exact) mass is 235 g/mol. The van der Waals surface area contributed by atoms with Gasteiger partial charge in [0.25, 0.3) is 0 Å². The number of methoxy groups -OCH3 is 1. The molecule has 1 heterocycles. The Morgan fingerprint density at radius 1 is 1.65 bits per heavy atom. The Morgan fingerprint density at radius 3 is 3.06 bits per heavy atom. The first-order valence-electron chi connectivity index (χ1n) is 5.85. The highest BCUT2D eigenvalue weighted by atomic mass is 16.5. The molecule has 1 aromatic rings. The van der Waals surface area contributed by atoms with Crippen molar-refractivity contribution in [1.82, 2.24) is 4.98 Å². The minimum Gasteiger partial charge on any atom is -0.481 e. The zero-order valence-electron chi connectivity index (χ0n) is 9.93. The molecule has 0 saturated heterocycles. The van der Waals surface area contributed by atoms with Gasteiger partial charge in [0, 0.05) is 24.4 Å². The lowest BCUT2D eigenvalue weighted by atomic mass is 9.77. The number of carbonyl (C=O) groups is 1. The molecule has 1 N–H and O–H groups in total. The lowest BCUT2D eigenvalue weighted by molar-refractivity contribution is -0.139. The Labute approximate surface area is 101 Å². The second kappa shape index (κ2) is 4.84. The van der Waals surface area contributed by atoms with Crippen molar-refractivity contribution in [1.29, 1.82) is 0 Å². The molecule has 2 rings (SSSR count). The number of aromatic nitrogens is 1. The summed E-state index contributed by atoms with van der Waals surface area (Å²) in [5.74, 6) is -0.792. The molecule has 2 atom stereocenters. The Bertz CT molecular complexity index is 393. The summed E-state index contributed by atoms with van der Waals surface area (Å²) in [6.45, 7) is 0. The Hall–Kier alpha value is -1.42. The van der Waals surface area contributed by atoms with Crippen LogP contribution in [0.2, 0.25) is 0 Å². The van der Waals surface area contributed by atoms with E-state index in [0.717, 1.165) is 25.0 Å². The molecule has 2 unspecified atom stereocenters. The van der Waals surface area contributed by atoms with Gasteiger partial charge in [0.1, 0.15) is 0 Å². The molecule has 0 aromatic carbocycles. The van der Waals surface area contributed by atoms with E-state index in [-0.39, 0.29) is 12.5 Å². The number of carboxylic acid groups (broad SMARTS) is 1. The lowest BCUT2D eigenvalue weighted by Gasteiger charge is -2.32. The number of ether oxygens (including phenoxy) is 1. The van der Waals surface area contributed by atoms with E-state index >= 15 is 0 Å². The van der Waals surface area contributed by atoms with Crippen LogP contribution in [0.5, 0.6) is 0 Å². The van der Waals surface area contributed by atoms with Crippen LogP contribution in [0.1, 0.15) is 31.4 Å². The highest BCUT2D eigenvalue weighted by Crippen LogP contribution is 2.44. The van der Waals surface area contributed by atoms with E-state index < -0.39 is 11.4 Å². The largest absolute Gasteiger partial charge is 0.481 e. The molecular weight excluding hydrogens is 218 g/mol. The maximum Gasteiger partial charge on any atom is 0.304 e. The number of aliphatic carboxylic acids is 1. The van der Waals surface area contributed by atoms with Crippen molar-refractivity contribution in [3.63, 3.8) is 0 Å². The van der Waals surface area contributed by atoms with Gasteiger partial charge >= 0.3 is 5.97 Å². The highest BCUT2D eigenvalue weighted by molar-refractivity contribution is 5.69. The topological polar surface area (TPSA) is 59.4 Å². The molecule has 92 valence electrons. The standard InChI is InChI=1S/C13H17NO3/c1-17-11-6-4-7-13(11,9-12(15)16)10-5-2-3-8-14-10/h2-3,5,8,11H,4,6-7,9H2,1H3,(H,15,16). The molecule has 17 heavy (non-hydrogen) atoms. The summed E-state index contributed by atoms with van der Waals surface area (Å²) in [6.07, 6.45) is 4.47. The van der Waals surface area contributed by atoms with Gasteiger partial charge in [-0.3, -0.25) is 9.78 Å². The Morgan fingerprint density at radius 2 is 2.47 bits per heavy atom. The molecule has 0 radical (unpaired) electrons. The predicted octanol–water partition coefficient (Wildman–Crippen LogP) is 1.99. The second-order valence-electron chi connectivity index (χ2n) is 4.56. The van der Waals surface area contributed by atoms with Gasteiger partial charge < -0.3 is 9.84 Å². The third-order valence-electron chi connectivity index (χ3n) is 3.63. The first-order chi connectivity index (χ1) is 8.19. The average molecular weight is 235 g/mol. The molecule has 1 fully saturated rings. The Balaban J connectivity index is 2.40. The van der Waals surface area contributed by atoms with Crippen LogP contribution in [-0.4, -0.2) is 29.3 Å². The lowest BCUT2D eigenvalue weighted by Crippen LogP contribution is -2.39. The average Bonchev–Trinajstić information content (AvgIpc) is 2.73. The molecule has 0 spiro atoms. The summed E-state index contributed by atoms with van der Waals surface area (Å²) in [6, 6.07) is 5.64. The van der Waals surface area contributed by atoms with Crippen LogP contribution in [0.15, 0.2) is 24.4 Å². The molecule has 0 bridgehead atoms. The minimum atomic E-state index is -0.792. The summed E-state index contributed by atoms with van der Waals surface area (Å²) in [7, 11) is 1.65. The smallest absolute Gasteiger partial charge is 0.304 e. The van der Waals surface area contributed by atoms with Crippen LogP contribution in [0, 0.1) is 0 Å². The van der Waals surface area contributed by atoms with Crippen molar-refractivity contribution in [2.24, 2.45) is 0 Å². The van der Waals surface area contributed by atoms with E-state index in [2.05, 4.69) is 4.98 Å². The van der Waals surface area contributed by atoms with Crippen molar-refractivity contribution in [3.05, 3.63) is 30.1 Å². The van der Waals surface area contributed by atoms with Gasteiger partial charge in [-0.25, -0.2) is 0 Å². The molecule has 0 aliphatic heterocycles. The van der Waals surface area contributed by atoms with Gasteiger partial charge in [-0.1, -0.05) is 6.07 Å². The van der Waals surface area contributed by atoms with Gasteiger partial charge in [-0.05, 0) is 31.4 Å². The summed E-state index contributed by atoms with van der Waals surface area (Å²) >= 11 is 0. The minimum absolute atomic E-state index is 0.0477. The summed E-state index contributed by atoms with van der Waals surface area (Å²) in [5.41, 5.74) is 0.383. The molecule has 4 nitrogen and oxygen atoms in total. The van der Waals surface area contributed by atoms with Crippen LogP contribution >= 0.6 is 0 Å². The number of nitrogens with zero attached hydrogens (tertiary/aromatic N) is 1. The van der Waals surface area contributed by atoms with E-state index in [1.807, 2.05) is 18.2 Å². The molecule has 4 heteroatoms. The van der Waals surface area contributed by atoms with Crippen molar-refractivity contribution in [2.75, 3.05) is 7.11 Å². The summed E-state index contributed by atoms with van der Waals surface area (Å²) in [4.78, 5) is 15.5. The zero-order chi connectivity index (χ0) is 12.3. The third-order valence-corrected chi connectivity index (χ3v) is 3.63. The quantitative estimate of drug-likeness (QED) is 0.867. The van der Waals surface area contributed by atoms with E-state index in [1.165, 1.54) is 0 Å². The summed E-state index contributed by atoms with van der Waals surface area (Å²) < 4.78 is 5.48. The Kier molecular flexibility index (Phi) is 3.43. The number of pyridine rings is 1. The SMILES string of the molecule is COC1CCCC1(CC(=O)O)c1ccccn1. The molecule has 1 aromatic heterocycles. The fourth-order valence-electron chi connectivity index (χ4n) is 2.90. The summed E-state index contributed by atoms with van der Waals surface area (Å²) in [5, 5.41) is 9.13. The zero-order valence-corrected chi connectivity index (χ0v) is 9.93. The molecule has 1 aliphatic rings. The van der Waals surface area contributed by atoms with Crippen LogP contribution in [0.3, 0.4) is 0 Å². The number of rotatable bonds is 4. The first kappa shape index (κ1) is 12.0. The van der Waals surface area contributed by atoms with E-state index in [9.17, 15) is 4.79 Å². The predicted molar refractivity (Wildman–Crippen MR) is 62.8 cm³/mol. The highest BCUT2D eigenvalue weighted by Gasteiger charge is 2.47. The van der Waals surface area contributed by atoms with Gasteiger partial charge in [-0.2, -0.15) is 0 Å². The van der Waals surface area contributed by atoms with Gasteiger partial charge in [0.15, 0.2) is 0 Å². The van der Waals surface area contributed by atoms with Gasteiger partial charge in [0.05, 0.1) is 12.5 Å². The van der Waals surface area contributed by atoms with Crippen molar-refractivity contribution in [2.45, 2.75) is 37.2 Å². The van der Waals surface area contributed by atoms with Crippen LogP contribution in [-0.2, 0) is 14.9 Å². The molecule has 1 aliphatic carbocycles. The maximum atomic E-state index is 11.1. The molecule has 1 saturated carbocycles. The normalized spacial score (nSPS) is 28.2. The van der Waals surface area contributed by atoms with E-state index in [4.69, 9.17) is 9.84 Å². The second-order valence-corrected chi connectivity index (χ2v) is 4.56. The van der Waals surface area contributed by atoms with Gasteiger partial charge in [0.2, 0.25) is 0 Å². The number of carboxylic acids is 1. The van der Waals surface area contributed by atoms with Crippen molar-refractivity contribution in [3.8, 4) is 0 Å². The third kappa shape index (κ3) is 2.17. The molecule has 0 amide bonds. The maximum absolute atomic E-state index is 11.1. The fraction of sp³-hybridized carbons (Fsp3) is 0.538. The fourth-order valence-corrected chi connectivity index (χ4v) is 2.90. The van der Waals surface area contributed by atoms with Crippen molar-refractivity contribution < 1.29 is 14.6 Å². The van der Waals surface area contributed by atoms with E-state index in [1.54, 1.807) is 13.3 Å². The van der Waals surface area contributed by atoms with E-state index in [0.29, 0.717) is 0 Å². The number of hydrogen-bond donors (Lipinski definition) is 1. The van der Waals surface area contributed by atoms with Crippen molar-refractivity contribution >= 4 is 5.97 Å². The molecular formula is C13H17NO3. The number of hydrogen-bond acceptors (Lipinski definition) is 3. The van der Waals surface area contributed by atoms with Gasteiger partial charge in [-0.15, -0.1) is 0 Å².